The standard InChI is InChI=1S/C21H28N2O2/c1-15-9-11-23(12-10-15)18-7-8-19-16(13-18)14-20(25-19)21(24)22-17-5-3-2-4-6-17/h7-8,13-15,17H,2-6,9-12H2,1H3,(H,22,24). The summed E-state index contributed by atoms with van der Waals surface area (Å²) in [6, 6.07) is 8.47. The quantitative estimate of drug-likeness (QED) is 0.878. The number of carbonyl (C=O) groups excluding carboxylic acids is 1. The lowest BCUT2D eigenvalue weighted by Gasteiger charge is -2.32. The van der Waals surface area contributed by atoms with Crippen LogP contribution in [0.5, 0.6) is 0 Å². The third kappa shape index (κ3) is 3.68. The number of hydrogen-bond donors (Lipinski definition) is 1. The van der Waals surface area contributed by atoms with Crippen molar-refractivity contribution in [3.63, 3.8) is 0 Å². The van der Waals surface area contributed by atoms with E-state index in [-0.39, 0.29) is 5.91 Å². The number of nitrogens with one attached hydrogen (secondary N) is 1. The molecule has 0 radical (unpaired) electrons. The first kappa shape index (κ1) is 16.5. The topological polar surface area (TPSA) is 45.5 Å². The highest BCUT2D eigenvalue weighted by atomic mass is 16.3. The third-order valence-electron chi connectivity index (χ3n) is 5.81. The number of furan rings is 1. The molecule has 0 atom stereocenters. The Morgan fingerprint density at radius 3 is 2.60 bits per heavy atom. The summed E-state index contributed by atoms with van der Waals surface area (Å²) in [7, 11) is 0. The van der Waals surface area contributed by atoms with Crippen molar-refractivity contribution in [1.29, 1.82) is 0 Å². The van der Waals surface area contributed by atoms with Crippen LogP contribution in [0.2, 0.25) is 0 Å². The van der Waals surface area contributed by atoms with Gasteiger partial charge in [-0.3, -0.25) is 4.79 Å². The highest BCUT2D eigenvalue weighted by Crippen LogP contribution is 2.28. The first-order valence-electron chi connectivity index (χ1n) is 9.78. The van der Waals surface area contributed by atoms with Gasteiger partial charge in [0.25, 0.3) is 5.91 Å². The molecule has 1 saturated carbocycles. The minimum atomic E-state index is -0.0727. The van der Waals surface area contributed by atoms with E-state index in [9.17, 15) is 4.79 Å². The van der Waals surface area contributed by atoms with Gasteiger partial charge in [0.05, 0.1) is 0 Å². The van der Waals surface area contributed by atoms with Gasteiger partial charge < -0.3 is 14.6 Å². The zero-order chi connectivity index (χ0) is 17.2. The van der Waals surface area contributed by atoms with E-state index >= 15 is 0 Å². The van der Waals surface area contributed by atoms with E-state index in [1.807, 2.05) is 12.1 Å². The molecule has 2 aliphatic rings. The summed E-state index contributed by atoms with van der Waals surface area (Å²) in [4.78, 5) is 14.9. The fraction of sp³-hybridized carbons (Fsp3) is 0.571. The maximum Gasteiger partial charge on any atom is 0.287 e. The summed E-state index contributed by atoms with van der Waals surface area (Å²) in [5.41, 5.74) is 2.03. The summed E-state index contributed by atoms with van der Waals surface area (Å²) in [6.07, 6.45) is 8.38. The van der Waals surface area contributed by atoms with Gasteiger partial charge in [-0.2, -0.15) is 0 Å². The molecule has 1 aromatic carbocycles. The SMILES string of the molecule is CC1CCN(c2ccc3oc(C(=O)NC4CCCCC4)cc3c2)CC1. The molecule has 1 N–H and O–H groups in total. The van der Waals surface area contributed by atoms with Gasteiger partial charge in [0, 0.05) is 30.2 Å². The molecular weight excluding hydrogens is 312 g/mol. The van der Waals surface area contributed by atoms with Crippen molar-refractivity contribution < 1.29 is 9.21 Å². The molecule has 1 aliphatic heterocycles. The average molecular weight is 340 g/mol. The van der Waals surface area contributed by atoms with Gasteiger partial charge in [-0.15, -0.1) is 0 Å². The number of nitrogens with zero attached hydrogens (tertiary/aromatic N) is 1. The molecule has 1 aromatic heterocycles. The molecule has 1 amide bonds. The zero-order valence-corrected chi connectivity index (χ0v) is 15.1. The number of benzene rings is 1. The lowest BCUT2D eigenvalue weighted by atomic mass is 9.95. The van der Waals surface area contributed by atoms with Gasteiger partial charge in [-0.25, -0.2) is 0 Å². The van der Waals surface area contributed by atoms with Crippen molar-refractivity contribution in [1.82, 2.24) is 5.32 Å². The number of fused-ring (bicyclic) bond motifs is 1. The maximum absolute atomic E-state index is 12.5. The smallest absolute Gasteiger partial charge is 0.287 e. The largest absolute Gasteiger partial charge is 0.451 e. The highest BCUT2D eigenvalue weighted by Gasteiger charge is 2.20. The van der Waals surface area contributed by atoms with Crippen LogP contribution in [0.4, 0.5) is 5.69 Å². The number of piperidine rings is 1. The van der Waals surface area contributed by atoms with E-state index in [0.29, 0.717) is 11.8 Å². The average Bonchev–Trinajstić information content (AvgIpc) is 3.06. The second kappa shape index (κ2) is 7.11. The lowest BCUT2D eigenvalue weighted by molar-refractivity contribution is 0.0902. The Morgan fingerprint density at radius 1 is 1.08 bits per heavy atom. The number of hydrogen-bond acceptors (Lipinski definition) is 3. The number of amides is 1. The Balaban J connectivity index is 1.48. The van der Waals surface area contributed by atoms with Crippen molar-refractivity contribution in [2.75, 3.05) is 18.0 Å². The number of carbonyl (C=O) groups is 1. The summed E-state index contributed by atoms with van der Waals surface area (Å²) < 4.78 is 5.80. The second-order valence-electron chi connectivity index (χ2n) is 7.81. The Labute approximate surface area is 149 Å². The van der Waals surface area contributed by atoms with Gasteiger partial charge in [0.15, 0.2) is 5.76 Å². The zero-order valence-electron chi connectivity index (χ0n) is 15.1. The Hall–Kier alpha value is -1.97. The van der Waals surface area contributed by atoms with E-state index in [1.54, 1.807) is 0 Å². The van der Waals surface area contributed by atoms with Crippen LogP contribution in [-0.2, 0) is 0 Å². The molecule has 2 fully saturated rings. The van der Waals surface area contributed by atoms with Crippen molar-refractivity contribution in [3.05, 3.63) is 30.0 Å². The van der Waals surface area contributed by atoms with Crippen LogP contribution in [0.1, 0.15) is 62.4 Å². The first-order valence-corrected chi connectivity index (χ1v) is 9.78. The third-order valence-corrected chi connectivity index (χ3v) is 5.81. The molecule has 0 bridgehead atoms. The van der Waals surface area contributed by atoms with Gasteiger partial charge >= 0.3 is 0 Å². The summed E-state index contributed by atoms with van der Waals surface area (Å²) >= 11 is 0. The number of anilines is 1. The van der Waals surface area contributed by atoms with Crippen molar-refractivity contribution in [2.24, 2.45) is 5.92 Å². The van der Waals surface area contributed by atoms with E-state index < -0.39 is 0 Å². The molecule has 2 heterocycles. The predicted molar refractivity (Wildman–Crippen MR) is 101 cm³/mol. The molecule has 0 spiro atoms. The van der Waals surface area contributed by atoms with Crippen LogP contribution >= 0.6 is 0 Å². The van der Waals surface area contributed by atoms with Crippen LogP contribution in [0.3, 0.4) is 0 Å². The van der Waals surface area contributed by atoms with Crippen molar-refractivity contribution in [2.45, 2.75) is 57.9 Å². The van der Waals surface area contributed by atoms with Gasteiger partial charge in [-0.05, 0) is 55.9 Å². The fourth-order valence-electron chi connectivity index (χ4n) is 4.11. The normalized spacial score (nSPS) is 20.1. The minimum absolute atomic E-state index is 0.0727. The molecule has 0 unspecified atom stereocenters. The van der Waals surface area contributed by atoms with Crippen LogP contribution in [0.15, 0.2) is 28.7 Å². The molecule has 1 aliphatic carbocycles. The van der Waals surface area contributed by atoms with Crippen LogP contribution in [0, 0.1) is 5.92 Å². The van der Waals surface area contributed by atoms with Crippen molar-refractivity contribution in [3.8, 4) is 0 Å². The maximum atomic E-state index is 12.5. The molecule has 134 valence electrons. The summed E-state index contributed by atoms with van der Waals surface area (Å²) in [6.45, 7) is 4.55. The first-order chi connectivity index (χ1) is 12.2. The molecule has 4 nitrogen and oxygen atoms in total. The fourth-order valence-corrected chi connectivity index (χ4v) is 4.11. The Morgan fingerprint density at radius 2 is 1.84 bits per heavy atom. The highest BCUT2D eigenvalue weighted by molar-refractivity contribution is 5.96. The minimum Gasteiger partial charge on any atom is -0.451 e. The van der Waals surface area contributed by atoms with E-state index in [4.69, 9.17) is 4.42 Å². The van der Waals surface area contributed by atoms with Crippen LogP contribution in [0.25, 0.3) is 11.0 Å². The molecular formula is C21H28N2O2. The monoisotopic (exact) mass is 340 g/mol. The van der Waals surface area contributed by atoms with E-state index in [0.717, 1.165) is 42.8 Å². The molecule has 4 rings (SSSR count). The summed E-state index contributed by atoms with van der Waals surface area (Å²) in [5.74, 6) is 1.19. The van der Waals surface area contributed by atoms with Crippen LogP contribution < -0.4 is 10.2 Å². The molecule has 2 aromatic rings. The number of rotatable bonds is 3. The molecule has 25 heavy (non-hydrogen) atoms. The van der Waals surface area contributed by atoms with Gasteiger partial charge in [0.1, 0.15) is 5.58 Å². The lowest BCUT2D eigenvalue weighted by Crippen LogP contribution is -2.35. The van der Waals surface area contributed by atoms with E-state index in [2.05, 4.69) is 29.3 Å². The van der Waals surface area contributed by atoms with Crippen molar-refractivity contribution >= 4 is 22.6 Å². The Bertz CT molecular complexity index is 737. The molecule has 4 heteroatoms. The van der Waals surface area contributed by atoms with E-state index in [1.165, 1.54) is 37.8 Å². The summed E-state index contributed by atoms with van der Waals surface area (Å²) in [5, 5.41) is 4.15. The molecule has 1 saturated heterocycles. The van der Waals surface area contributed by atoms with Gasteiger partial charge in [-0.1, -0.05) is 26.2 Å². The Kier molecular flexibility index (Phi) is 4.69. The van der Waals surface area contributed by atoms with Crippen LogP contribution in [-0.4, -0.2) is 25.0 Å². The second-order valence-corrected chi connectivity index (χ2v) is 7.81. The van der Waals surface area contributed by atoms with Gasteiger partial charge in [0.2, 0.25) is 0 Å². The predicted octanol–water partition coefficient (Wildman–Crippen LogP) is 4.73.